The number of benzene rings is 2. The van der Waals surface area contributed by atoms with Crippen molar-refractivity contribution < 1.29 is 38.6 Å². The fourth-order valence-corrected chi connectivity index (χ4v) is 6.17. The number of amides is 1. The maximum atomic E-state index is 13.6. The number of hydrogen-bond acceptors (Lipinski definition) is 6. The van der Waals surface area contributed by atoms with Crippen molar-refractivity contribution in [2.24, 2.45) is 5.92 Å². The second-order valence-corrected chi connectivity index (χ2v) is 13.9. The molecule has 10 nitrogen and oxygen atoms in total. The first-order valence-corrected chi connectivity index (χ1v) is 18.3. The van der Waals surface area contributed by atoms with Crippen LogP contribution < -0.4 is 5.32 Å². The molecule has 0 aliphatic heterocycles. The van der Waals surface area contributed by atoms with Crippen molar-refractivity contribution in [3.05, 3.63) is 60.2 Å². The predicted molar refractivity (Wildman–Crippen MR) is 180 cm³/mol. The molecule has 0 aliphatic rings. The van der Waals surface area contributed by atoms with Crippen molar-refractivity contribution in [1.29, 1.82) is 0 Å². The Balaban J connectivity index is 2.23. The van der Waals surface area contributed by atoms with Crippen molar-refractivity contribution in [2.75, 3.05) is 12.8 Å². The number of esters is 1. The molecule has 0 radical (unpaired) electrons. The van der Waals surface area contributed by atoms with Crippen LogP contribution in [0.25, 0.3) is 11.1 Å². The number of aliphatic carboxylic acids is 1. The molecular formula is C35H53N2O8P. The van der Waals surface area contributed by atoms with Gasteiger partial charge in [0.05, 0.1) is 12.5 Å². The van der Waals surface area contributed by atoms with E-state index in [9.17, 15) is 28.7 Å². The Hall–Kier alpha value is -3.04. The maximum Gasteiger partial charge on any atom is 0.339 e. The molecule has 0 fully saturated rings. The number of rotatable bonds is 23. The summed E-state index contributed by atoms with van der Waals surface area (Å²) in [5.74, 6) is -2.60. The third kappa shape index (κ3) is 15.5. The molecule has 0 saturated heterocycles. The predicted octanol–water partition coefficient (Wildman–Crippen LogP) is 6.74. The summed E-state index contributed by atoms with van der Waals surface area (Å²) in [5, 5.41) is 11.7. The van der Waals surface area contributed by atoms with Gasteiger partial charge in [-0.1, -0.05) is 127 Å². The van der Waals surface area contributed by atoms with Crippen LogP contribution in [-0.2, 0) is 30.1 Å². The molecule has 0 heterocycles. The van der Waals surface area contributed by atoms with E-state index in [2.05, 4.69) is 12.2 Å². The first kappa shape index (κ1) is 39.1. The Morgan fingerprint density at radius 1 is 0.826 bits per heavy atom. The summed E-state index contributed by atoms with van der Waals surface area (Å²) in [6.07, 6.45) is 7.78. The minimum absolute atomic E-state index is 0.0486. The first-order valence-electron chi connectivity index (χ1n) is 16.5. The van der Waals surface area contributed by atoms with Gasteiger partial charge in [0.15, 0.2) is 6.23 Å². The maximum absolute atomic E-state index is 13.6. The first-order chi connectivity index (χ1) is 21.9. The monoisotopic (exact) mass is 660 g/mol. The number of carbonyl (C=O) groups is 3. The molecule has 4 N–H and O–H groups in total. The topological polar surface area (TPSA) is 153 Å². The second-order valence-electron chi connectivity index (χ2n) is 12.2. The van der Waals surface area contributed by atoms with E-state index in [0.29, 0.717) is 6.42 Å². The van der Waals surface area contributed by atoms with Gasteiger partial charge in [-0.25, -0.2) is 4.90 Å². The fourth-order valence-electron chi connectivity index (χ4n) is 5.39. The number of ether oxygens (including phenoxy) is 1. The Labute approximate surface area is 274 Å². The van der Waals surface area contributed by atoms with Gasteiger partial charge in [-0.3, -0.25) is 18.9 Å². The van der Waals surface area contributed by atoms with Gasteiger partial charge in [0.1, 0.15) is 6.29 Å². The molecule has 2 atom stereocenters. The molecule has 0 aliphatic carbocycles. The van der Waals surface area contributed by atoms with Gasteiger partial charge in [0, 0.05) is 18.9 Å². The number of unbranched alkanes of at least 4 members (excludes halogenated alkanes) is 8. The van der Waals surface area contributed by atoms with E-state index in [4.69, 9.17) is 9.84 Å². The zero-order chi connectivity index (χ0) is 34.0. The summed E-state index contributed by atoms with van der Waals surface area (Å²) in [6.45, 7) is 5.55. The van der Waals surface area contributed by atoms with Gasteiger partial charge in [0.25, 0.3) is 0 Å². The summed E-state index contributed by atoms with van der Waals surface area (Å²) in [7, 11) is -4.73. The van der Waals surface area contributed by atoms with E-state index < -0.39 is 49.9 Å². The normalized spacial score (nSPS) is 13.0. The van der Waals surface area contributed by atoms with Crippen LogP contribution in [0.2, 0.25) is 0 Å². The second kappa shape index (κ2) is 21.0. The van der Waals surface area contributed by atoms with Crippen molar-refractivity contribution >= 4 is 25.4 Å². The summed E-state index contributed by atoms with van der Waals surface area (Å²) in [5.41, 5.74) is 2.69. The zero-order valence-corrected chi connectivity index (χ0v) is 28.5. The van der Waals surface area contributed by atoms with Crippen LogP contribution in [0.4, 0.5) is 0 Å². The highest BCUT2D eigenvalue weighted by molar-refractivity contribution is 7.51. The summed E-state index contributed by atoms with van der Waals surface area (Å²) in [4.78, 5) is 59.1. The molecule has 256 valence electrons. The van der Waals surface area contributed by atoms with E-state index in [0.717, 1.165) is 36.0 Å². The highest BCUT2D eigenvalue weighted by Gasteiger charge is 2.39. The number of nitrogens with one attached hydrogen (secondary N) is 1. The van der Waals surface area contributed by atoms with Crippen LogP contribution in [0.5, 0.6) is 0 Å². The Morgan fingerprint density at radius 3 is 1.93 bits per heavy atom. The van der Waals surface area contributed by atoms with Crippen LogP contribution in [0.15, 0.2) is 54.6 Å². The molecule has 0 aromatic heterocycles. The third-order valence-electron chi connectivity index (χ3n) is 7.81. The average molecular weight is 661 g/mol. The summed E-state index contributed by atoms with van der Waals surface area (Å²) in [6, 6.07) is 16.1. The van der Waals surface area contributed by atoms with E-state index in [1.807, 2.05) is 54.6 Å². The summed E-state index contributed by atoms with van der Waals surface area (Å²) < 4.78 is 18.2. The molecule has 11 heteroatoms. The van der Waals surface area contributed by atoms with Gasteiger partial charge in [-0.2, -0.15) is 0 Å². The van der Waals surface area contributed by atoms with Gasteiger partial charge in [0.2, 0.25) is 5.91 Å². The number of nitrogens with zero attached hydrogens (tertiary/aromatic N) is 1. The van der Waals surface area contributed by atoms with Crippen LogP contribution in [0.1, 0.15) is 97.0 Å². The Morgan fingerprint density at radius 2 is 1.39 bits per heavy atom. The third-order valence-corrected chi connectivity index (χ3v) is 8.51. The smallest absolute Gasteiger partial charge is 0.339 e. The molecule has 0 saturated carbocycles. The molecule has 0 spiro atoms. The van der Waals surface area contributed by atoms with Crippen LogP contribution in [0, 0.1) is 5.92 Å². The molecule has 2 unspecified atom stereocenters. The van der Waals surface area contributed by atoms with Crippen molar-refractivity contribution in [2.45, 2.75) is 110 Å². The van der Waals surface area contributed by atoms with E-state index in [-0.39, 0.29) is 25.8 Å². The molecule has 2 aromatic rings. The van der Waals surface area contributed by atoms with Gasteiger partial charge in [-0.15, -0.1) is 0 Å². The van der Waals surface area contributed by atoms with Crippen molar-refractivity contribution in [1.82, 2.24) is 10.2 Å². The van der Waals surface area contributed by atoms with Crippen LogP contribution >= 0.6 is 7.60 Å². The number of hydrogen-bond donors (Lipinski definition) is 4. The van der Waals surface area contributed by atoms with Crippen LogP contribution in [0.3, 0.4) is 0 Å². The number of carbonyl (C=O) groups excluding carboxylic acids is 2. The van der Waals surface area contributed by atoms with Gasteiger partial charge >= 0.3 is 19.5 Å². The van der Waals surface area contributed by atoms with Crippen LogP contribution in [-0.4, -0.2) is 62.7 Å². The molecule has 46 heavy (non-hydrogen) atoms. The lowest BCUT2D eigenvalue weighted by atomic mass is 9.99. The molecular weight excluding hydrogens is 607 g/mol. The molecule has 0 bridgehead atoms. The van der Waals surface area contributed by atoms with E-state index in [1.54, 1.807) is 13.8 Å². The lowest BCUT2D eigenvalue weighted by Gasteiger charge is -2.38. The Kier molecular flexibility index (Phi) is 17.8. The minimum atomic E-state index is -4.73. The highest BCUT2D eigenvalue weighted by Crippen LogP contribution is 2.38. The lowest BCUT2D eigenvalue weighted by molar-refractivity contribution is -0.169. The number of carboxylic acid groups (broad SMARTS) is 1. The van der Waals surface area contributed by atoms with E-state index >= 15 is 0 Å². The van der Waals surface area contributed by atoms with E-state index in [1.165, 1.54) is 37.0 Å². The molecule has 2 aromatic carbocycles. The Bertz CT molecular complexity index is 1230. The SMILES string of the molecule is CCCCCCCCCCCC(=O)OC(C(C)C)N(CP(=O)(O)O)C(Cc1ccc(-c2ccccc2)cc1)C(=O)NCCC(=O)O. The van der Waals surface area contributed by atoms with Gasteiger partial charge < -0.3 is 24.9 Å². The van der Waals surface area contributed by atoms with Crippen molar-refractivity contribution in [3.63, 3.8) is 0 Å². The standard InChI is InChI=1S/C35H53N2O8P/c1-4-5-6-7-8-9-10-11-15-18-33(40)45-35(27(2)3)37(26-46(42,43)44)31(34(41)36-24-23-32(38)39)25-28-19-21-30(22-20-28)29-16-13-12-14-17-29/h12-14,16-17,19-22,27,31,35H,4-11,15,18,23-26H2,1-3H3,(H,36,41)(H,38,39)(H2,42,43,44). The lowest BCUT2D eigenvalue weighted by Crippen LogP contribution is -2.55. The highest BCUT2D eigenvalue weighted by atomic mass is 31.2. The molecule has 1 amide bonds. The largest absolute Gasteiger partial charge is 0.481 e. The van der Waals surface area contributed by atoms with Crippen molar-refractivity contribution in [3.8, 4) is 11.1 Å². The summed E-state index contributed by atoms with van der Waals surface area (Å²) >= 11 is 0. The number of carboxylic acids is 1. The quantitative estimate of drug-likeness (QED) is 0.0439. The fraction of sp³-hybridized carbons (Fsp3) is 0.571. The molecule has 2 rings (SSSR count). The minimum Gasteiger partial charge on any atom is -0.481 e. The average Bonchev–Trinajstić information content (AvgIpc) is 3.00. The zero-order valence-electron chi connectivity index (χ0n) is 27.6. The van der Waals surface area contributed by atoms with Gasteiger partial charge in [-0.05, 0) is 29.5 Å².